The highest BCUT2D eigenvalue weighted by molar-refractivity contribution is 7.12. The molecule has 1 aromatic rings. The summed E-state index contributed by atoms with van der Waals surface area (Å²) in [5, 5.41) is 1.85. The van der Waals surface area contributed by atoms with Crippen LogP contribution in [0.4, 0.5) is 0 Å². The lowest BCUT2D eigenvalue weighted by Crippen LogP contribution is -2.46. The van der Waals surface area contributed by atoms with Crippen molar-refractivity contribution in [3.63, 3.8) is 0 Å². The Morgan fingerprint density at radius 1 is 1.12 bits per heavy atom. The zero-order valence-corrected chi connectivity index (χ0v) is 16.8. The van der Waals surface area contributed by atoms with Gasteiger partial charge in [-0.05, 0) is 52.0 Å². The van der Waals surface area contributed by atoms with Crippen molar-refractivity contribution in [1.82, 2.24) is 0 Å². The van der Waals surface area contributed by atoms with E-state index in [1.807, 2.05) is 32.2 Å². The Labute approximate surface area is 149 Å². The maximum absolute atomic E-state index is 12.5. The molecule has 0 aromatic carbocycles. The van der Waals surface area contributed by atoms with Crippen LogP contribution in [0.2, 0.25) is 6.04 Å². The van der Waals surface area contributed by atoms with E-state index in [0.717, 1.165) is 0 Å². The summed E-state index contributed by atoms with van der Waals surface area (Å²) >= 11 is 1.37. The molecule has 0 bridgehead atoms. The molecule has 24 heavy (non-hydrogen) atoms. The topological polar surface area (TPSA) is 61.8 Å². The van der Waals surface area contributed by atoms with Gasteiger partial charge in [0.1, 0.15) is 5.78 Å². The highest BCUT2D eigenvalue weighted by Gasteiger charge is 2.40. The highest BCUT2D eigenvalue weighted by Crippen LogP contribution is 2.24. The molecule has 0 radical (unpaired) electrons. The number of rotatable bonds is 13. The normalized spacial score (nSPS) is 13.0. The van der Waals surface area contributed by atoms with Gasteiger partial charge < -0.3 is 13.3 Å². The second-order valence-electron chi connectivity index (χ2n) is 5.38. The Kier molecular flexibility index (Phi) is 9.61. The van der Waals surface area contributed by atoms with Crippen LogP contribution >= 0.6 is 11.3 Å². The van der Waals surface area contributed by atoms with Gasteiger partial charge in [0.05, 0.1) is 10.8 Å². The smallest absolute Gasteiger partial charge is 0.374 e. The summed E-state index contributed by atoms with van der Waals surface area (Å²) in [5.74, 6) is -0.779. The maximum Gasteiger partial charge on any atom is 0.500 e. The molecule has 5 nitrogen and oxygen atoms in total. The van der Waals surface area contributed by atoms with Crippen molar-refractivity contribution in [3.8, 4) is 0 Å². The van der Waals surface area contributed by atoms with Crippen LogP contribution in [0.3, 0.4) is 0 Å². The average molecular weight is 373 g/mol. The Morgan fingerprint density at radius 3 is 2.12 bits per heavy atom. The number of ketones is 2. The molecule has 136 valence electrons. The zero-order valence-electron chi connectivity index (χ0n) is 15.0. The fourth-order valence-corrected chi connectivity index (χ4v) is 5.99. The first-order chi connectivity index (χ1) is 11.5. The van der Waals surface area contributed by atoms with Gasteiger partial charge in [0, 0.05) is 25.9 Å². The van der Waals surface area contributed by atoms with Gasteiger partial charge in [-0.15, -0.1) is 11.3 Å². The summed E-state index contributed by atoms with van der Waals surface area (Å²) in [6.45, 7) is 8.80. The van der Waals surface area contributed by atoms with E-state index in [-0.39, 0.29) is 11.6 Å². The van der Waals surface area contributed by atoms with Crippen LogP contribution < -0.4 is 0 Å². The van der Waals surface area contributed by atoms with Crippen molar-refractivity contribution in [2.75, 3.05) is 19.8 Å². The second-order valence-corrected chi connectivity index (χ2v) is 9.06. The zero-order chi connectivity index (χ0) is 18.0. The van der Waals surface area contributed by atoms with Gasteiger partial charge in [0.25, 0.3) is 0 Å². The minimum Gasteiger partial charge on any atom is -0.374 e. The van der Waals surface area contributed by atoms with Crippen molar-refractivity contribution in [2.45, 2.75) is 46.6 Å². The summed E-state index contributed by atoms with van der Waals surface area (Å²) < 4.78 is 17.4. The van der Waals surface area contributed by atoms with Crippen LogP contribution in [0.5, 0.6) is 0 Å². The van der Waals surface area contributed by atoms with Crippen LogP contribution in [0.1, 0.15) is 50.2 Å². The summed E-state index contributed by atoms with van der Waals surface area (Å²) in [6.07, 6.45) is 1.15. The number of thiophene rings is 1. The van der Waals surface area contributed by atoms with Crippen LogP contribution in [0, 0.1) is 5.92 Å². The molecule has 0 fully saturated rings. The minimum absolute atomic E-state index is 0.0889. The van der Waals surface area contributed by atoms with E-state index < -0.39 is 14.7 Å². The Morgan fingerprint density at radius 2 is 1.71 bits per heavy atom. The molecule has 1 rings (SSSR count). The molecule has 0 aliphatic carbocycles. The van der Waals surface area contributed by atoms with Gasteiger partial charge in [-0.2, -0.15) is 0 Å². The summed E-state index contributed by atoms with van der Waals surface area (Å²) in [7, 11) is -2.72. The lowest BCUT2D eigenvalue weighted by atomic mass is 9.94. The highest BCUT2D eigenvalue weighted by atomic mass is 32.1. The number of Topliss-reactive ketones (excluding diaryl/α,β-unsaturated/α-hetero) is 2. The number of hydrogen-bond donors (Lipinski definition) is 0. The Bertz CT molecular complexity index is 486. The third-order valence-corrected chi connectivity index (χ3v) is 7.68. The summed E-state index contributed by atoms with van der Waals surface area (Å²) in [5.41, 5.74) is 0. The molecule has 1 heterocycles. The van der Waals surface area contributed by atoms with Crippen LogP contribution in [-0.4, -0.2) is 40.2 Å². The Balaban J connectivity index is 2.71. The van der Waals surface area contributed by atoms with Gasteiger partial charge in [-0.3, -0.25) is 9.59 Å². The summed E-state index contributed by atoms with van der Waals surface area (Å²) in [4.78, 5) is 25.0. The molecular formula is C17H28O5SSi. The predicted molar refractivity (Wildman–Crippen MR) is 97.5 cm³/mol. The molecule has 0 amide bonds. The van der Waals surface area contributed by atoms with E-state index >= 15 is 0 Å². The Hall–Kier alpha value is -0.863. The van der Waals surface area contributed by atoms with E-state index in [9.17, 15) is 9.59 Å². The molecule has 0 saturated heterocycles. The van der Waals surface area contributed by atoms with Crippen LogP contribution in [-0.2, 0) is 18.1 Å². The summed E-state index contributed by atoms with van der Waals surface area (Å²) in [6, 6.07) is 4.21. The van der Waals surface area contributed by atoms with Gasteiger partial charge in [-0.25, -0.2) is 0 Å². The number of hydrogen-bond acceptors (Lipinski definition) is 6. The first-order valence-electron chi connectivity index (χ1n) is 8.49. The number of carbonyl (C=O) groups excluding carboxylic acids is 2. The van der Waals surface area contributed by atoms with Crippen molar-refractivity contribution in [2.24, 2.45) is 5.92 Å². The van der Waals surface area contributed by atoms with Gasteiger partial charge in [0.15, 0.2) is 5.78 Å². The van der Waals surface area contributed by atoms with E-state index in [1.54, 1.807) is 6.07 Å². The molecule has 0 aliphatic heterocycles. The first kappa shape index (κ1) is 21.2. The average Bonchev–Trinajstić information content (AvgIpc) is 3.06. The molecule has 0 spiro atoms. The van der Waals surface area contributed by atoms with Crippen molar-refractivity contribution in [1.29, 1.82) is 0 Å². The molecule has 1 aromatic heterocycles. The molecule has 1 atom stereocenters. The molecule has 0 saturated carbocycles. The van der Waals surface area contributed by atoms with Crippen molar-refractivity contribution >= 4 is 31.7 Å². The third-order valence-electron chi connectivity index (χ3n) is 3.64. The lowest BCUT2D eigenvalue weighted by molar-refractivity contribution is -0.119. The van der Waals surface area contributed by atoms with Crippen molar-refractivity contribution < 1.29 is 22.9 Å². The lowest BCUT2D eigenvalue weighted by Gasteiger charge is -2.28. The molecule has 0 aliphatic rings. The molecule has 1 unspecified atom stereocenters. The van der Waals surface area contributed by atoms with Gasteiger partial charge in [-0.1, -0.05) is 6.07 Å². The molecule has 0 N–H and O–H groups in total. The largest absolute Gasteiger partial charge is 0.500 e. The maximum atomic E-state index is 12.5. The van der Waals surface area contributed by atoms with Gasteiger partial charge >= 0.3 is 8.80 Å². The van der Waals surface area contributed by atoms with E-state index in [1.165, 1.54) is 18.3 Å². The standard InChI is InChI=1S/C17H28O5SSi/c1-5-20-24(21-6-2,22-7-3)13-9-10-15(14(4)18)17(19)16-11-8-12-23-16/h8,11-12,15H,5-7,9-10,13H2,1-4H3. The van der Waals surface area contributed by atoms with Gasteiger partial charge in [0.2, 0.25) is 0 Å². The molecule has 7 heteroatoms. The second kappa shape index (κ2) is 10.9. The fraction of sp³-hybridized carbons (Fsp3) is 0.647. The SMILES string of the molecule is CCO[Si](CCCC(C(C)=O)C(=O)c1cccs1)(OCC)OCC. The number of carbonyl (C=O) groups is 2. The molecular weight excluding hydrogens is 344 g/mol. The first-order valence-corrected chi connectivity index (χ1v) is 11.3. The van der Waals surface area contributed by atoms with E-state index in [0.29, 0.717) is 43.6 Å². The van der Waals surface area contributed by atoms with E-state index in [4.69, 9.17) is 13.3 Å². The minimum atomic E-state index is -2.72. The van der Waals surface area contributed by atoms with Crippen LogP contribution in [0.25, 0.3) is 0 Å². The third kappa shape index (κ3) is 6.21. The fourth-order valence-electron chi connectivity index (χ4n) is 2.63. The van der Waals surface area contributed by atoms with Crippen molar-refractivity contribution in [3.05, 3.63) is 22.4 Å². The van der Waals surface area contributed by atoms with E-state index in [2.05, 4.69) is 0 Å². The predicted octanol–water partition coefficient (Wildman–Crippen LogP) is 3.96. The van der Waals surface area contributed by atoms with Crippen LogP contribution in [0.15, 0.2) is 17.5 Å². The quantitative estimate of drug-likeness (QED) is 0.298. The monoisotopic (exact) mass is 372 g/mol.